The minimum absolute atomic E-state index is 0.122. The van der Waals surface area contributed by atoms with Gasteiger partial charge >= 0.3 is 0 Å². The molecule has 2 bridgehead atoms. The second kappa shape index (κ2) is 8.51. The number of nitrogens with one attached hydrogen (secondary N) is 1. The molecular weight excluding hydrogens is 424 g/mol. The number of hydrogen-bond donors (Lipinski definition) is 2. The number of quaternary nitrogens is 1. The largest absolute Gasteiger partial charge is 0.371 e. The molecule has 6 heteroatoms. The lowest BCUT2D eigenvalue weighted by Crippen LogP contribution is -2.68. The van der Waals surface area contributed by atoms with Gasteiger partial charge in [-0.15, -0.1) is 22.7 Å². The number of hydrogen-bond acceptors (Lipinski definition) is 4. The predicted octanol–water partition coefficient (Wildman–Crippen LogP) is 4.01. The number of fused-ring (bicyclic) bond motifs is 3. The first-order valence-corrected chi connectivity index (χ1v) is 12.9. The van der Waals surface area contributed by atoms with E-state index >= 15 is 0 Å². The van der Waals surface area contributed by atoms with E-state index in [0.29, 0.717) is 15.7 Å². The van der Waals surface area contributed by atoms with Crippen molar-refractivity contribution in [1.29, 1.82) is 0 Å². The van der Waals surface area contributed by atoms with E-state index in [1.807, 2.05) is 35.0 Å². The molecule has 2 aromatic heterocycles. The van der Waals surface area contributed by atoms with Gasteiger partial charge in [-0.2, -0.15) is 0 Å². The molecule has 0 saturated carbocycles. The topological polar surface area (TPSA) is 49.3 Å². The minimum Gasteiger partial charge on any atom is -0.371 e. The molecule has 162 valence electrons. The Bertz CT molecular complexity index is 959. The molecule has 3 saturated heterocycles. The van der Waals surface area contributed by atoms with E-state index in [0.717, 1.165) is 36.8 Å². The molecule has 3 aliphatic heterocycles. The summed E-state index contributed by atoms with van der Waals surface area (Å²) in [4.78, 5) is 14.9. The van der Waals surface area contributed by atoms with Gasteiger partial charge in [-0.3, -0.25) is 4.79 Å². The highest BCUT2D eigenvalue weighted by atomic mass is 32.1. The Labute approximate surface area is 191 Å². The number of aliphatic hydroxyl groups is 1. The molecule has 3 aliphatic rings. The number of thiophene rings is 2. The Morgan fingerprint density at radius 1 is 1.00 bits per heavy atom. The monoisotopic (exact) mass is 453 g/mol. The third-order valence-corrected chi connectivity index (χ3v) is 9.18. The van der Waals surface area contributed by atoms with Gasteiger partial charge < -0.3 is 14.9 Å². The van der Waals surface area contributed by atoms with E-state index in [4.69, 9.17) is 0 Å². The van der Waals surface area contributed by atoms with Crippen molar-refractivity contribution in [2.45, 2.75) is 30.9 Å². The second-order valence-electron chi connectivity index (χ2n) is 9.01. The van der Waals surface area contributed by atoms with Crippen LogP contribution in [0.3, 0.4) is 0 Å². The van der Waals surface area contributed by atoms with Crippen molar-refractivity contribution >= 4 is 28.6 Å². The number of carbonyl (C=O) groups excluding carboxylic acids is 1. The number of carbonyl (C=O) groups is 1. The van der Waals surface area contributed by atoms with Crippen LogP contribution in [-0.2, 0) is 16.8 Å². The number of amides is 1. The summed E-state index contributed by atoms with van der Waals surface area (Å²) in [6.45, 7) is 4.48. The number of rotatable bonds is 7. The van der Waals surface area contributed by atoms with E-state index in [9.17, 15) is 9.90 Å². The maximum absolute atomic E-state index is 13.5. The zero-order valence-electron chi connectivity index (χ0n) is 17.6. The van der Waals surface area contributed by atoms with Crippen molar-refractivity contribution in [1.82, 2.24) is 5.32 Å². The molecular formula is C25H29N2O2S2+. The SMILES string of the molecule is O=C(N[C@H]1C[N+]2(CCc3ccccc3)CCC1CC2)C(O)(c1cccs1)c1cccs1. The van der Waals surface area contributed by atoms with E-state index in [-0.39, 0.29) is 11.9 Å². The molecule has 1 amide bonds. The second-order valence-corrected chi connectivity index (χ2v) is 10.9. The van der Waals surface area contributed by atoms with Gasteiger partial charge in [-0.1, -0.05) is 42.5 Å². The molecule has 2 N–H and O–H groups in total. The Balaban J connectivity index is 1.33. The lowest BCUT2D eigenvalue weighted by atomic mass is 9.80. The van der Waals surface area contributed by atoms with Crippen molar-refractivity contribution in [3.63, 3.8) is 0 Å². The maximum Gasteiger partial charge on any atom is 0.263 e. The fourth-order valence-electron chi connectivity index (χ4n) is 5.36. The lowest BCUT2D eigenvalue weighted by Gasteiger charge is -2.53. The summed E-state index contributed by atoms with van der Waals surface area (Å²) >= 11 is 2.86. The van der Waals surface area contributed by atoms with Gasteiger partial charge in [0.2, 0.25) is 5.60 Å². The van der Waals surface area contributed by atoms with E-state index in [1.165, 1.54) is 41.3 Å². The van der Waals surface area contributed by atoms with Crippen LogP contribution in [0, 0.1) is 5.92 Å². The minimum atomic E-state index is -1.61. The van der Waals surface area contributed by atoms with Crippen molar-refractivity contribution in [2.24, 2.45) is 5.92 Å². The van der Waals surface area contributed by atoms with Crippen LogP contribution in [0.15, 0.2) is 65.4 Å². The highest BCUT2D eigenvalue weighted by molar-refractivity contribution is 7.12. The molecule has 0 unspecified atom stereocenters. The van der Waals surface area contributed by atoms with Crippen molar-refractivity contribution in [3.05, 3.63) is 80.7 Å². The van der Waals surface area contributed by atoms with Gasteiger partial charge in [0.15, 0.2) is 0 Å². The fourth-order valence-corrected chi connectivity index (χ4v) is 7.10. The van der Waals surface area contributed by atoms with Crippen LogP contribution in [0.1, 0.15) is 28.2 Å². The van der Waals surface area contributed by atoms with Crippen LogP contribution in [0.25, 0.3) is 0 Å². The standard InChI is InChI=1S/C25H28N2O2S2/c28-24(25(29,22-8-4-16-30-22)23-9-5-17-31-23)26-21-18-27(14-11-20(21)12-15-27)13-10-19-6-2-1-3-7-19/h1-9,16-17,20-21,29H,10-15,18H2/p+1/t20?,21-,27?/m0/s1. The average molecular weight is 454 g/mol. The molecule has 4 nitrogen and oxygen atoms in total. The molecule has 5 heterocycles. The van der Waals surface area contributed by atoms with Gasteiger partial charge in [0.25, 0.3) is 5.91 Å². The zero-order valence-corrected chi connectivity index (χ0v) is 19.2. The smallest absolute Gasteiger partial charge is 0.263 e. The number of piperidine rings is 3. The molecule has 3 aromatic rings. The summed E-state index contributed by atoms with van der Waals surface area (Å²) < 4.78 is 1.08. The molecule has 3 fully saturated rings. The molecule has 1 aromatic carbocycles. The Hall–Kier alpha value is -1.99. The van der Waals surface area contributed by atoms with Gasteiger partial charge in [-0.25, -0.2) is 0 Å². The van der Waals surface area contributed by atoms with E-state index < -0.39 is 5.60 Å². The van der Waals surface area contributed by atoms with E-state index in [1.54, 1.807) is 0 Å². The summed E-state index contributed by atoms with van der Waals surface area (Å²) in [7, 11) is 0. The van der Waals surface area contributed by atoms with Gasteiger partial charge in [-0.05, 0) is 34.4 Å². The van der Waals surface area contributed by atoms with Crippen molar-refractivity contribution < 1.29 is 14.4 Å². The van der Waals surface area contributed by atoms with E-state index in [2.05, 4.69) is 35.6 Å². The Morgan fingerprint density at radius 2 is 1.65 bits per heavy atom. The van der Waals surface area contributed by atoms with Crippen LogP contribution in [0.5, 0.6) is 0 Å². The third kappa shape index (κ3) is 3.98. The van der Waals surface area contributed by atoms with Gasteiger partial charge in [0, 0.05) is 19.3 Å². The maximum atomic E-state index is 13.5. The zero-order chi connectivity index (χ0) is 21.3. The van der Waals surface area contributed by atoms with Crippen molar-refractivity contribution in [3.8, 4) is 0 Å². The number of benzene rings is 1. The molecule has 6 rings (SSSR count). The summed E-state index contributed by atoms with van der Waals surface area (Å²) in [6, 6.07) is 18.3. The number of nitrogens with zero attached hydrogens (tertiary/aromatic N) is 1. The average Bonchev–Trinajstić information content (AvgIpc) is 3.54. The third-order valence-electron chi connectivity index (χ3n) is 7.22. The summed E-state index contributed by atoms with van der Waals surface area (Å²) in [6.07, 6.45) is 3.37. The van der Waals surface area contributed by atoms with Crippen LogP contribution in [0.2, 0.25) is 0 Å². The van der Waals surface area contributed by atoms with Crippen LogP contribution < -0.4 is 5.32 Å². The Kier molecular flexibility index (Phi) is 5.73. The summed E-state index contributed by atoms with van der Waals surface area (Å²) in [5, 5.41) is 18.8. The molecule has 1 atom stereocenters. The van der Waals surface area contributed by atoms with Crippen LogP contribution in [-0.4, -0.2) is 47.7 Å². The molecule has 0 aliphatic carbocycles. The fraction of sp³-hybridized carbons (Fsp3) is 0.400. The van der Waals surface area contributed by atoms with Crippen molar-refractivity contribution in [2.75, 3.05) is 26.2 Å². The highest BCUT2D eigenvalue weighted by Crippen LogP contribution is 2.38. The molecule has 31 heavy (non-hydrogen) atoms. The van der Waals surface area contributed by atoms with Gasteiger partial charge in [0.1, 0.15) is 0 Å². The first kappa shape index (κ1) is 20.9. The lowest BCUT2D eigenvalue weighted by molar-refractivity contribution is -0.943. The highest BCUT2D eigenvalue weighted by Gasteiger charge is 2.49. The normalized spacial score (nSPS) is 25.5. The summed E-state index contributed by atoms with van der Waals surface area (Å²) in [5.41, 5.74) is -0.225. The molecule has 0 spiro atoms. The predicted molar refractivity (Wildman–Crippen MR) is 126 cm³/mol. The van der Waals surface area contributed by atoms with Crippen LogP contribution >= 0.6 is 22.7 Å². The summed E-state index contributed by atoms with van der Waals surface area (Å²) in [5.74, 6) is 0.231. The molecule has 0 radical (unpaired) electrons. The van der Waals surface area contributed by atoms with Crippen LogP contribution in [0.4, 0.5) is 0 Å². The van der Waals surface area contributed by atoms with Gasteiger partial charge in [0.05, 0.1) is 42.0 Å². The first-order chi connectivity index (χ1) is 15.1. The first-order valence-electron chi connectivity index (χ1n) is 11.1. The quantitative estimate of drug-likeness (QED) is 0.531. The Morgan fingerprint density at radius 3 is 2.23 bits per heavy atom.